The smallest absolute Gasteiger partial charge is 0.154 e. The number of benzene rings is 1. The maximum Gasteiger partial charge on any atom is 0.154 e. The van der Waals surface area contributed by atoms with Crippen molar-refractivity contribution in [3.63, 3.8) is 0 Å². The molecule has 3 atom stereocenters. The second kappa shape index (κ2) is 7.33. The molecule has 0 saturated heterocycles. The van der Waals surface area contributed by atoms with Gasteiger partial charge in [-0.15, -0.1) is 5.92 Å². The highest BCUT2D eigenvalue weighted by atomic mass is 19.1. The van der Waals surface area contributed by atoms with Gasteiger partial charge in [-0.1, -0.05) is 26.7 Å². The first-order valence-corrected chi connectivity index (χ1v) is 9.65. The Morgan fingerprint density at radius 2 is 1.93 bits per heavy atom. The summed E-state index contributed by atoms with van der Waals surface area (Å²) in [6.45, 7) is 8.02. The number of hydrogen-bond acceptors (Lipinski definition) is 4. The van der Waals surface area contributed by atoms with E-state index in [4.69, 9.17) is 9.47 Å². The van der Waals surface area contributed by atoms with Crippen LogP contribution in [0.15, 0.2) is 12.1 Å². The lowest BCUT2D eigenvalue weighted by Crippen LogP contribution is -2.52. The first-order chi connectivity index (χ1) is 13.2. The Balaban J connectivity index is 2.13. The topological polar surface area (TPSA) is 52.6 Å². The Morgan fingerprint density at radius 1 is 1.21 bits per heavy atom. The van der Waals surface area contributed by atoms with Crippen molar-refractivity contribution in [1.82, 2.24) is 0 Å². The van der Waals surface area contributed by atoms with E-state index >= 15 is 4.39 Å². The average molecular weight is 386 g/mol. The van der Waals surface area contributed by atoms with Gasteiger partial charge in [0.1, 0.15) is 24.1 Å². The average Bonchev–Trinajstić information content (AvgIpc) is 2.81. The summed E-state index contributed by atoms with van der Waals surface area (Å²) >= 11 is 0. The van der Waals surface area contributed by atoms with Crippen LogP contribution < -0.4 is 4.74 Å². The monoisotopic (exact) mass is 386 g/mol. The second-order valence-electron chi connectivity index (χ2n) is 8.43. The number of carbonyl (C=O) groups excluding carboxylic acids is 2. The van der Waals surface area contributed by atoms with Gasteiger partial charge < -0.3 is 9.47 Å². The molecule has 150 valence electrons. The van der Waals surface area contributed by atoms with Gasteiger partial charge in [-0.25, -0.2) is 4.39 Å². The largest absolute Gasteiger partial charge is 0.491 e. The third kappa shape index (κ3) is 2.95. The summed E-state index contributed by atoms with van der Waals surface area (Å²) in [7, 11) is 1.54. The molecule has 1 aromatic rings. The van der Waals surface area contributed by atoms with Crippen LogP contribution in [0.3, 0.4) is 0 Å². The zero-order chi connectivity index (χ0) is 20.7. The van der Waals surface area contributed by atoms with Crippen LogP contribution in [0.5, 0.6) is 5.75 Å². The zero-order valence-electron chi connectivity index (χ0n) is 17.1. The number of hydrogen-bond donors (Lipinski definition) is 0. The first-order valence-electron chi connectivity index (χ1n) is 9.65. The van der Waals surface area contributed by atoms with Crippen molar-refractivity contribution in [3.8, 4) is 17.6 Å². The molecule has 2 aliphatic rings. The normalized spacial score (nSPS) is 28.1. The summed E-state index contributed by atoms with van der Waals surface area (Å²) in [4.78, 5) is 26.8. The summed E-state index contributed by atoms with van der Waals surface area (Å²) in [5, 5.41) is 0. The van der Waals surface area contributed by atoms with Gasteiger partial charge in [-0.05, 0) is 37.3 Å². The van der Waals surface area contributed by atoms with Gasteiger partial charge in [0.2, 0.25) is 0 Å². The van der Waals surface area contributed by atoms with Gasteiger partial charge >= 0.3 is 0 Å². The Labute approximate surface area is 165 Å². The number of Topliss-reactive ketones (excluding diaryl/α,β-unsaturated/α-hetero) is 2. The molecule has 2 fully saturated rings. The van der Waals surface area contributed by atoms with Crippen molar-refractivity contribution in [1.29, 1.82) is 0 Å². The maximum atomic E-state index is 15.2. The van der Waals surface area contributed by atoms with Crippen LogP contribution in [0.25, 0.3) is 0 Å². The molecule has 1 aromatic carbocycles. The molecule has 2 bridgehead atoms. The van der Waals surface area contributed by atoms with Gasteiger partial charge in [0.05, 0.1) is 6.61 Å². The number of rotatable bonds is 5. The molecule has 0 aromatic heterocycles. The molecule has 0 amide bonds. The molecule has 3 unspecified atom stereocenters. The van der Waals surface area contributed by atoms with Gasteiger partial charge in [-0.2, -0.15) is 0 Å². The van der Waals surface area contributed by atoms with Crippen LogP contribution in [0.4, 0.5) is 4.39 Å². The molecule has 0 heterocycles. The highest BCUT2D eigenvalue weighted by Gasteiger charge is 2.65. The Bertz CT molecular complexity index is 877. The Hall–Kier alpha value is -2.19. The predicted molar refractivity (Wildman–Crippen MR) is 104 cm³/mol. The summed E-state index contributed by atoms with van der Waals surface area (Å²) in [6.07, 6.45) is 1.30. The molecule has 0 N–H and O–H groups in total. The van der Waals surface area contributed by atoms with E-state index in [1.165, 1.54) is 6.07 Å². The van der Waals surface area contributed by atoms with Gasteiger partial charge in [0.25, 0.3) is 0 Å². The highest BCUT2D eigenvalue weighted by Crippen LogP contribution is 2.63. The highest BCUT2D eigenvalue weighted by molar-refractivity contribution is 6.14. The van der Waals surface area contributed by atoms with E-state index in [9.17, 15) is 9.59 Å². The fraction of sp³-hybridized carbons (Fsp3) is 0.565. The van der Waals surface area contributed by atoms with Crippen molar-refractivity contribution in [2.75, 3.05) is 20.3 Å². The van der Waals surface area contributed by atoms with Crippen molar-refractivity contribution >= 4 is 11.6 Å². The fourth-order valence-corrected chi connectivity index (χ4v) is 4.81. The van der Waals surface area contributed by atoms with E-state index < -0.39 is 22.6 Å². The summed E-state index contributed by atoms with van der Waals surface area (Å²) in [5.41, 5.74) is -0.601. The van der Waals surface area contributed by atoms with Gasteiger partial charge in [0.15, 0.2) is 11.6 Å². The fourth-order valence-electron chi connectivity index (χ4n) is 4.81. The van der Waals surface area contributed by atoms with Crippen molar-refractivity contribution < 1.29 is 23.5 Å². The molecular formula is C23H27FO4. The summed E-state index contributed by atoms with van der Waals surface area (Å²) in [5.74, 6) is 3.32. The minimum atomic E-state index is -1.13. The lowest BCUT2D eigenvalue weighted by molar-refractivity contribution is -0.149. The first kappa shape index (κ1) is 20.5. The zero-order valence-corrected chi connectivity index (χ0v) is 17.1. The van der Waals surface area contributed by atoms with Crippen LogP contribution in [-0.4, -0.2) is 31.9 Å². The lowest BCUT2D eigenvalue weighted by atomic mass is 9.54. The van der Waals surface area contributed by atoms with Crippen LogP contribution >= 0.6 is 0 Å². The van der Waals surface area contributed by atoms with Crippen LogP contribution in [0.2, 0.25) is 0 Å². The van der Waals surface area contributed by atoms with E-state index in [0.717, 1.165) is 0 Å². The molecule has 0 spiro atoms. The maximum absolute atomic E-state index is 15.2. The molecule has 3 rings (SSSR count). The van der Waals surface area contributed by atoms with E-state index in [0.29, 0.717) is 25.0 Å². The lowest BCUT2D eigenvalue weighted by Gasteiger charge is -2.46. The second-order valence-corrected chi connectivity index (χ2v) is 8.43. The standard InChI is InChI=1S/C23H27FO4/c1-6-7-14-12-16(24)18(17(13-14)28-11-10-27-5)19-20(25)15-8-9-23(4,21(19)26)22(15,2)3/h12-13,15,19H,8-11H2,1-5H3. The molecule has 5 heteroatoms. The van der Waals surface area contributed by atoms with E-state index in [2.05, 4.69) is 11.8 Å². The molecule has 0 radical (unpaired) electrons. The van der Waals surface area contributed by atoms with Crippen LogP contribution in [0.1, 0.15) is 57.6 Å². The summed E-state index contributed by atoms with van der Waals surface area (Å²) < 4.78 is 25.9. The Morgan fingerprint density at radius 3 is 2.57 bits per heavy atom. The Kier molecular flexibility index (Phi) is 5.38. The van der Waals surface area contributed by atoms with Gasteiger partial charge in [0, 0.05) is 29.6 Å². The predicted octanol–water partition coefficient (Wildman–Crippen LogP) is 3.90. The minimum absolute atomic E-state index is 0.0429. The minimum Gasteiger partial charge on any atom is -0.491 e. The van der Waals surface area contributed by atoms with E-state index in [1.807, 2.05) is 20.8 Å². The third-order valence-electron chi connectivity index (χ3n) is 6.85. The van der Waals surface area contributed by atoms with Crippen molar-refractivity contribution in [3.05, 3.63) is 29.1 Å². The molecule has 0 aliphatic heterocycles. The number of fused-ring (bicyclic) bond motifs is 2. The SMILES string of the molecule is CC#Cc1cc(F)c(C2C(=O)C3CCC(C)(C2=O)C3(C)C)c(OCCOC)c1. The van der Waals surface area contributed by atoms with Crippen molar-refractivity contribution in [2.45, 2.75) is 46.5 Å². The molecule has 4 nitrogen and oxygen atoms in total. The molecule has 28 heavy (non-hydrogen) atoms. The van der Waals surface area contributed by atoms with E-state index in [1.54, 1.807) is 20.1 Å². The number of ether oxygens (including phenoxy) is 2. The third-order valence-corrected chi connectivity index (χ3v) is 6.85. The number of halogens is 1. The quantitative estimate of drug-likeness (QED) is 0.438. The molecular weight excluding hydrogens is 359 g/mol. The summed E-state index contributed by atoms with van der Waals surface area (Å²) in [6, 6.07) is 2.88. The molecule has 2 aliphatic carbocycles. The van der Waals surface area contributed by atoms with Crippen molar-refractivity contribution in [2.24, 2.45) is 16.7 Å². The van der Waals surface area contributed by atoms with Crippen LogP contribution in [-0.2, 0) is 14.3 Å². The number of carbonyl (C=O) groups is 2. The van der Waals surface area contributed by atoms with E-state index in [-0.39, 0.29) is 35.4 Å². The number of ketones is 2. The van der Waals surface area contributed by atoms with Gasteiger partial charge in [-0.3, -0.25) is 9.59 Å². The number of methoxy groups -OCH3 is 1. The molecule has 2 saturated carbocycles. The van der Waals surface area contributed by atoms with Crippen LogP contribution in [0, 0.1) is 34.4 Å².